The standard InChI is InChI=1S/C16H24O6/c1-7-12(17)21-10-16(5,6)14(20)22-9-15(3,4)8-11(2)13(18)19/h7H,1-2,8-10H2,3-6H3,(H,18,19). The number of carboxylic acid groups (broad SMARTS) is 1. The molecule has 0 aliphatic rings. The number of hydrogen-bond donors (Lipinski definition) is 1. The number of carbonyl (C=O) groups excluding carboxylic acids is 2. The average molecular weight is 312 g/mol. The van der Waals surface area contributed by atoms with Crippen LogP contribution in [0.15, 0.2) is 24.8 Å². The molecule has 0 bridgehead atoms. The molecule has 0 aliphatic carbocycles. The van der Waals surface area contributed by atoms with Crippen LogP contribution in [0.5, 0.6) is 0 Å². The van der Waals surface area contributed by atoms with Gasteiger partial charge in [0.1, 0.15) is 6.61 Å². The molecule has 124 valence electrons. The van der Waals surface area contributed by atoms with Crippen LogP contribution in [-0.2, 0) is 23.9 Å². The first-order chi connectivity index (χ1) is 9.91. The number of ether oxygens (including phenoxy) is 2. The normalized spacial score (nSPS) is 11.5. The van der Waals surface area contributed by atoms with Crippen molar-refractivity contribution in [2.75, 3.05) is 13.2 Å². The molecule has 0 fully saturated rings. The van der Waals surface area contributed by atoms with Crippen LogP contribution >= 0.6 is 0 Å². The van der Waals surface area contributed by atoms with E-state index in [2.05, 4.69) is 13.2 Å². The largest absolute Gasteiger partial charge is 0.478 e. The van der Waals surface area contributed by atoms with Gasteiger partial charge >= 0.3 is 17.9 Å². The van der Waals surface area contributed by atoms with Crippen LogP contribution < -0.4 is 0 Å². The Morgan fingerprint density at radius 3 is 2.09 bits per heavy atom. The second-order valence-corrected chi connectivity index (χ2v) is 6.52. The number of aliphatic carboxylic acids is 1. The predicted octanol–water partition coefficient (Wildman–Crippen LogP) is 2.34. The van der Waals surface area contributed by atoms with Crippen LogP contribution in [0.25, 0.3) is 0 Å². The molecule has 0 radical (unpaired) electrons. The van der Waals surface area contributed by atoms with Crippen LogP contribution in [0, 0.1) is 10.8 Å². The van der Waals surface area contributed by atoms with Gasteiger partial charge in [0.2, 0.25) is 0 Å². The maximum Gasteiger partial charge on any atom is 0.330 e. The van der Waals surface area contributed by atoms with Gasteiger partial charge in [0.15, 0.2) is 0 Å². The zero-order chi connectivity index (χ0) is 17.6. The fraction of sp³-hybridized carbons (Fsp3) is 0.562. The quantitative estimate of drug-likeness (QED) is 0.519. The highest BCUT2D eigenvalue weighted by atomic mass is 16.6. The Morgan fingerprint density at radius 2 is 1.64 bits per heavy atom. The Morgan fingerprint density at radius 1 is 1.09 bits per heavy atom. The van der Waals surface area contributed by atoms with E-state index in [9.17, 15) is 14.4 Å². The van der Waals surface area contributed by atoms with Crippen LogP contribution in [0.4, 0.5) is 0 Å². The third-order valence-corrected chi connectivity index (χ3v) is 2.88. The second-order valence-electron chi connectivity index (χ2n) is 6.52. The third kappa shape index (κ3) is 7.06. The van der Waals surface area contributed by atoms with E-state index in [1.54, 1.807) is 27.7 Å². The average Bonchev–Trinajstić information content (AvgIpc) is 2.41. The smallest absolute Gasteiger partial charge is 0.330 e. The molecule has 22 heavy (non-hydrogen) atoms. The van der Waals surface area contributed by atoms with Crippen molar-refractivity contribution >= 4 is 17.9 Å². The molecule has 0 spiro atoms. The highest BCUT2D eigenvalue weighted by Gasteiger charge is 2.33. The molecule has 0 rings (SSSR count). The highest BCUT2D eigenvalue weighted by molar-refractivity contribution is 5.85. The first-order valence-corrected chi connectivity index (χ1v) is 6.79. The molecular weight excluding hydrogens is 288 g/mol. The molecule has 0 amide bonds. The van der Waals surface area contributed by atoms with Gasteiger partial charge in [-0.2, -0.15) is 0 Å². The number of esters is 2. The molecule has 0 unspecified atom stereocenters. The zero-order valence-corrected chi connectivity index (χ0v) is 13.6. The molecule has 0 saturated heterocycles. The Balaban J connectivity index is 4.52. The minimum Gasteiger partial charge on any atom is -0.478 e. The van der Waals surface area contributed by atoms with E-state index in [-0.39, 0.29) is 25.2 Å². The number of rotatable bonds is 9. The SMILES string of the molecule is C=CC(=O)OCC(C)(C)C(=O)OCC(C)(C)CC(=C)C(=O)O. The topological polar surface area (TPSA) is 89.9 Å². The third-order valence-electron chi connectivity index (χ3n) is 2.88. The molecular formula is C16H24O6. The number of carbonyl (C=O) groups is 3. The lowest BCUT2D eigenvalue weighted by molar-refractivity contribution is -0.162. The summed E-state index contributed by atoms with van der Waals surface area (Å²) in [5.41, 5.74) is -1.50. The van der Waals surface area contributed by atoms with E-state index < -0.39 is 28.7 Å². The molecule has 6 heteroatoms. The summed E-state index contributed by atoms with van der Waals surface area (Å²) in [5, 5.41) is 8.83. The Kier molecular flexibility index (Phi) is 7.03. The fourth-order valence-corrected chi connectivity index (χ4v) is 1.53. The van der Waals surface area contributed by atoms with Crippen molar-refractivity contribution in [2.24, 2.45) is 10.8 Å². The van der Waals surface area contributed by atoms with E-state index in [1.807, 2.05) is 0 Å². The second kappa shape index (κ2) is 7.77. The van der Waals surface area contributed by atoms with E-state index >= 15 is 0 Å². The van der Waals surface area contributed by atoms with Crippen LogP contribution in [0.1, 0.15) is 34.1 Å². The zero-order valence-electron chi connectivity index (χ0n) is 13.6. The van der Waals surface area contributed by atoms with Crippen molar-refractivity contribution in [3.05, 3.63) is 24.8 Å². The van der Waals surface area contributed by atoms with E-state index in [0.29, 0.717) is 0 Å². The lowest BCUT2D eigenvalue weighted by atomic mass is 9.86. The van der Waals surface area contributed by atoms with Gasteiger partial charge in [0.25, 0.3) is 0 Å². The minimum absolute atomic E-state index is 0.0387. The van der Waals surface area contributed by atoms with Gasteiger partial charge in [-0.1, -0.05) is 27.0 Å². The van der Waals surface area contributed by atoms with Crippen molar-refractivity contribution in [3.8, 4) is 0 Å². The summed E-state index contributed by atoms with van der Waals surface area (Å²) in [6.45, 7) is 13.4. The van der Waals surface area contributed by atoms with Crippen molar-refractivity contribution < 1.29 is 29.0 Å². The minimum atomic E-state index is -1.07. The maximum absolute atomic E-state index is 12.1. The van der Waals surface area contributed by atoms with Gasteiger partial charge in [-0.3, -0.25) is 4.79 Å². The lowest BCUT2D eigenvalue weighted by Gasteiger charge is -2.27. The molecule has 0 aliphatic heterocycles. The van der Waals surface area contributed by atoms with Gasteiger partial charge in [-0.05, 0) is 20.3 Å². The fourth-order valence-electron chi connectivity index (χ4n) is 1.53. The first-order valence-electron chi connectivity index (χ1n) is 6.79. The summed E-state index contributed by atoms with van der Waals surface area (Å²) in [5.74, 6) is -2.21. The van der Waals surface area contributed by atoms with Gasteiger partial charge in [0.05, 0.1) is 12.0 Å². The van der Waals surface area contributed by atoms with E-state index in [1.165, 1.54) is 0 Å². The molecule has 0 aromatic heterocycles. The summed E-state index contributed by atoms with van der Waals surface area (Å²) >= 11 is 0. The highest BCUT2D eigenvalue weighted by Crippen LogP contribution is 2.27. The first kappa shape index (κ1) is 19.9. The van der Waals surface area contributed by atoms with Gasteiger partial charge < -0.3 is 14.6 Å². The summed E-state index contributed by atoms with van der Waals surface area (Å²) in [7, 11) is 0. The van der Waals surface area contributed by atoms with Gasteiger partial charge in [0, 0.05) is 17.1 Å². The van der Waals surface area contributed by atoms with Crippen molar-refractivity contribution in [1.29, 1.82) is 0 Å². The molecule has 0 aromatic rings. The summed E-state index contributed by atoms with van der Waals surface area (Å²) < 4.78 is 10.1. The predicted molar refractivity (Wildman–Crippen MR) is 81.1 cm³/mol. The Labute approximate surface area is 130 Å². The summed E-state index contributed by atoms with van der Waals surface area (Å²) in [6.07, 6.45) is 1.21. The van der Waals surface area contributed by atoms with Crippen LogP contribution in [-0.4, -0.2) is 36.2 Å². The number of hydrogen-bond acceptors (Lipinski definition) is 5. The lowest BCUT2D eigenvalue weighted by Crippen LogP contribution is -2.35. The van der Waals surface area contributed by atoms with Crippen LogP contribution in [0.2, 0.25) is 0 Å². The van der Waals surface area contributed by atoms with Crippen molar-refractivity contribution in [2.45, 2.75) is 34.1 Å². The van der Waals surface area contributed by atoms with Gasteiger partial charge in [-0.15, -0.1) is 0 Å². The monoisotopic (exact) mass is 312 g/mol. The van der Waals surface area contributed by atoms with Crippen molar-refractivity contribution in [1.82, 2.24) is 0 Å². The maximum atomic E-state index is 12.1. The Bertz CT molecular complexity index is 473. The molecule has 0 aromatic carbocycles. The molecule has 6 nitrogen and oxygen atoms in total. The van der Waals surface area contributed by atoms with E-state index in [4.69, 9.17) is 14.6 Å². The molecule has 0 heterocycles. The summed E-state index contributed by atoms with van der Waals surface area (Å²) in [6, 6.07) is 0. The summed E-state index contributed by atoms with van der Waals surface area (Å²) in [4.78, 5) is 33.9. The van der Waals surface area contributed by atoms with E-state index in [0.717, 1.165) is 6.08 Å². The molecule has 0 saturated carbocycles. The molecule has 1 N–H and O–H groups in total. The van der Waals surface area contributed by atoms with Crippen molar-refractivity contribution in [3.63, 3.8) is 0 Å². The van der Waals surface area contributed by atoms with Gasteiger partial charge in [-0.25, -0.2) is 9.59 Å². The molecule has 0 atom stereocenters. The number of carboxylic acids is 1. The van der Waals surface area contributed by atoms with Crippen LogP contribution in [0.3, 0.4) is 0 Å². The Hall–Kier alpha value is -2.11.